The molecule has 0 spiro atoms. The second-order valence-corrected chi connectivity index (χ2v) is 3.34. The fraction of sp³-hybridized carbons (Fsp3) is 0.375. The van der Waals surface area contributed by atoms with Crippen LogP contribution in [0, 0.1) is 0 Å². The predicted molar refractivity (Wildman–Crippen MR) is 49.4 cm³/mol. The first-order valence-electron chi connectivity index (χ1n) is 4.26. The van der Waals surface area contributed by atoms with Crippen LogP contribution in [0.25, 0.3) is 5.78 Å². The molecule has 0 aliphatic rings. The van der Waals surface area contributed by atoms with Gasteiger partial charge in [0.05, 0.1) is 5.56 Å². The van der Waals surface area contributed by atoms with Crippen molar-refractivity contribution in [3.63, 3.8) is 0 Å². The largest absolute Gasteiger partial charge is 0.493 e. The van der Waals surface area contributed by atoms with Crippen LogP contribution in [0.15, 0.2) is 11.1 Å². The fourth-order valence-corrected chi connectivity index (χ4v) is 1.39. The SMILES string of the molecule is CC(C)c1c(O)n2ncnc2[nH]c1=O. The summed E-state index contributed by atoms with van der Waals surface area (Å²) in [6.07, 6.45) is 1.27. The van der Waals surface area contributed by atoms with E-state index in [0.717, 1.165) is 0 Å². The van der Waals surface area contributed by atoms with Crippen molar-refractivity contribution < 1.29 is 5.11 Å². The molecule has 2 aromatic heterocycles. The summed E-state index contributed by atoms with van der Waals surface area (Å²) in [6.45, 7) is 3.65. The summed E-state index contributed by atoms with van der Waals surface area (Å²) in [5.74, 6) is 0.0421. The quantitative estimate of drug-likeness (QED) is 0.681. The molecule has 0 atom stereocenters. The maximum absolute atomic E-state index is 11.5. The molecule has 0 aromatic carbocycles. The first-order chi connectivity index (χ1) is 6.61. The topological polar surface area (TPSA) is 83.3 Å². The Morgan fingerprint density at radius 1 is 1.57 bits per heavy atom. The molecule has 74 valence electrons. The number of rotatable bonds is 1. The lowest BCUT2D eigenvalue weighted by molar-refractivity contribution is 0.423. The van der Waals surface area contributed by atoms with Gasteiger partial charge in [0.1, 0.15) is 6.33 Å². The zero-order valence-corrected chi connectivity index (χ0v) is 7.85. The third-order valence-electron chi connectivity index (χ3n) is 2.04. The highest BCUT2D eigenvalue weighted by Crippen LogP contribution is 2.20. The van der Waals surface area contributed by atoms with Crippen molar-refractivity contribution in [2.75, 3.05) is 0 Å². The summed E-state index contributed by atoms with van der Waals surface area (Å²) in [4.78, 5) is 17.8. The van der Waals surface area contributed by atoms with Gasteiger partial charge in [0, 0.05) is 0 Å². The van der Waals surface area contributed by atoms with Crippen molar-refractivity contribution in [2.24, 2.45) is 0 Å². The molecule has 0 saturated heterocycles. The van der Waals surface area contributed by atoms with E-state index in [1.807, 2.05) is 13.8 Å². The van der Waals surface area contributed by atoms with Gasteiger partial charge in [-0.1, -0.05) is 13.8 Å². The molecule has 2 heterocycles. The van der Waals surface area contributed by atoms with Gasteiger partial charge in [-0.3, -0.25) is 9.78 Å². The molecule has 0 fully saturated rings. The highest BCUT2D eigenvalue weighted by atomic mass is 16.3. The van der Waals surface area contributed by atoms with Crippen molar-refractivity contribution in [1.82, 2.24) is 19.6 Å². The van der Waals surface area contributed by atoms with Crippen LogP contribution in [-0.2, 0) is 0 Å². The average Bonchev–Trinajstić information content (AvgIpc) is 2.50. The minimum Gasteiger partial charge on any atom is -0.493 e. The Hall–Kier alpha value is -1.85. The van der Waals surface area contributed by atoms with E-state index < -0.39 is 0 Å². The van der Waals surface area contributed by atoms with Crippen LogP contribution in [0.2, 0.25) is 0 Å². The molecule has 0 amide bonds. The normalized spacial score (nSPS) is 11.4. The van der Waals surface area contributed by atoms with Crippen molar-refractivity contribution in [3.05, 3.63) is 22.2 Å². The summed E-state index contributed by atoms with van der Waals surface area (Å²) in [6, 6.07) is 0. The van der Waals surface area contributed by atoms with Gasteiger partial charge in [-0.2, -0.15) is 14.6 Å². The molecule has 2 N–H and O–H groups in total. The van der Waals surface area contributed by atoms with Gasteiger partial charge in [0.25, 0.3) is 5.56 Å². The van der Waals surface area contributed by atoms with Crippen LogP contribution >= 0.6 is 0 Å². The molecule has 6 nitrogen and oxygen atoms in total. The summed E-state index contributed by atoms with van der Waals surface area (Å²) in [7, 11) is 0. The molecule has 0 unspecified atom stereocenters. The smallest absolute Gasteiger partial charge is 0.259 e. The fourth-order valence-electron chi connectivity index (χ4n) is 1.39. The van der Waals surface area contributed by atoms with Gasteiger partial charge in [-0.05, 0) is 5.92 Å². The van der Waals surface area contributed by atoms with E-state index in [4.69, 9.17) is 0 Å². The zero-order chi connectivity index (χ0) is 10.3. The number of nitrogens with zero attached hydrogens (tertiary/aromatic N) is 3. The highest BCUT2D eigenvalue weighted by molar-refractivity contribution is 5.36. The monoisotopic (exact) mass is 194 g/mol. The van der Waals surface area contributed by atoms with Crippen LogP contribution in [0.1, 0.15) is 25.3 Å². The van der Waals surface area contributed by atoms with Gasteiger partial charge < -0.3 is 5.11 Å². The van der Waals surface area contributed by atoms with Crippen LogP contribution in [0.4, 0.5) is 0 Å². The number of aromatic hydroxyl groups is 1. The number of nitrogens with one attached hydrogen (secondary N) is 1. The molecule has 0 aliphatic heterocycles. The molecule has 0 aliphatic carbocycles. The van der Waals surface area contributed by atoms with Crippen molar-refractivity contribution in [1.29, 1.82) is 0 Å². The molecular formula is C8H10N4O2. The summed E-state index contributed by atoms with van der Waals surface area (Å²) < 4.78 is 1.21. The zero-order valence-electron chi connectivity index (χ0n) is 7.85. The maximum atomic E-state index is 11.5. The average molecular weight is 194 g/mol. The first kappa shape index (κ1) is 8.74. The van der Waals surface area contributed by atoms with Gasteiger partial charge in [-0.15, -0.1) is 0 Å². The lowest BCUT2D eigenvalue weighted by Crippen LogP contribution is -2.17. The Kier molecular flexibility index (Phi) is 1.77. The van der Waals surface area contributed by atoms with Crippen LogP contribution < -0.4 is 5.56 Å². The minimum atomic E-state index is -0.321. The Morgan fingerprint density at radius 2 is 2.29 bits per heavy atom. The van der Waals surface area contributed by atoms with E-state index in [1.54, 1.807) is 0 Å². The Morgan fingerprint density at radius 3 is 2.93 bits per heavy atom. The molecular weight excluding hydrogens is 184 g/mol. The molecule has 0 saturated carbocycles. The lowest BCUT2D eigenvalue weighted by atomic mass is 10.1. The molecule has 2 aromatic rings. The van der Waals surface area contributed by atoms with Crippen LogP contribution in [0.5, 0.6) is 5.88 Å². The molecule has 14 heavy (non-hydrogen) atoms. The number of hydrogen-bond donors (Lipinski definition) is 2. The number of aromatic amines is 1. The predicted octanol–water partition coefficient (Wildman–Crippen LogP) is 0.247. The second kappa shape index (κ2) is 2.83. The number of H-pyrrole nitrogens is 1. The highest BCUT2D eigenvalue weighted by Gasteiger charge is 2.15. The summed E-state index contributed by atoms with van der Waals surface area (Å²) in [5.41, 5.74) is 0.000926. The lowest BCUT2D eigenvalue weighted by Gasteiger charge is -2.06. The van der Waals surface area contributed by atoms with Gasteiger partial charge in [-0.25, -0.2) is 0 Å². The standard InChI is InChI=1S/C8H10N4O2/c1-4(2)5-6(13)11-8-9-3-10-12(8)7(5)14/h3-4,14H,1-2H3,(H,9,10,11,13). The van der Waals surface area contributed by atoms with Crippen LogP contribution in [-0.4, -0.2) is 24.7 Å². The van der Waals surface area contributed by atoms with Gasteiger partial charge >= 0.3 is 0 Å². The second-order valence-electron chi connectivity index (χ2n) is 3.34. The van der Waals surface area contributed by atoms with Crippen molar-refractivity contribution in [2.45, 2.75) is 19.8 Å². The third-order valence-corrected chi connectivity index (χ3v) is 2.04. The van der Waals surface area contributed by atoms with Crippen molar-refractivity contribution in [3.8, 4) is 5.88 Å². The van der Waals surface area contributed by atoms with E-state index >= 15 is 0 Å². The molecule has 6 heteroatoms. The molecule has 2 rings (SSSR count). The number of fused-ring (bicyclic) bond motifs is 1. The Labute approximate surface area is 79.2 Å². The van der Waals surface area contributed by atoms with Crippen LogP contribution in [0.3, 0.4) is 0 Å². The number of aromatic nitrogens is 4. The number of hydrogen-bond acceptors (Lipinski definition) is 4. The van der Waals surface area contributed by atoms with E-state index in [9.17, 15) is 9.90 Å². The van der Waals surface area contributed by atoms with E-state index in [-0.39, 0.29) is 23.1 Å². The van der Waals surface area contributed by atoms with E-state index in [2.05, 4.69) is 15.1 Å². The van der Waals surface area contributed by atoms with E-state index in [1.165, 1.54) is 10.8 Å². The molecule has 0 bridgehead atoms. The summed E-state index contributed by atoms with van der Waals surface area (Å²) in [5, 5.41) is 13.5. The minimum absolute atomic E-state index is 0.0626. The summed E-state index contributed by atoms with van der Waals surface area (Å²) >= 11 is 0. The Bertz CT molecular complexity index is 526. The van der Waals surface area contributed by atoms with E-state index in [0.29, 0.717) is 5.56 Å². The maximum Gasteiger partial charge on any atom is 0.259 e. The first-order valence-corrected chi connectivity index (χ1v) is 4.26. The Balaban J connectivity index is 2.89. The molecule has 0 radical (unpaired) electrons. The van der Waals surface area contributed by atoms with Gasteiger partial charge in [0.15, 0.2) is 0 Å². The van der Waals surface area contributed by atoms with Gasteiger partial charge in [0.2, 0.25) is 11.7 Å². The third kappa shape index (κ3) is 1.07. The van der Waals surface area contributed by atoms with Crippen molar-refractivity contribution >= 4 is 5.78 Å².